The molecule has 3 nitrogen and oxygen atoms in total. The van der Waals surface area contributed by atoms with Crippen molar-refractivity contribution in [3.05, 3.63) is 34.1 Å². The van der Waals surface area contributed by atoms with Crippen molar-refractivity contribution < 1.29 is 17.9 Å². The van der Waals surface area contributed by atoms with E-state index in [4.69, 9.17) is 0 Å². The van der Waals surface area contributed by atoms with Crippen LogP contribution in [-0.2, 0) is 7.05 Å². The molecule has 102 valence electrons. The summed E-state index contributed by atoms with van der Waals surface area (Å²) in [4.78, 5) is 0. The normalized spacial score (nSPS) is 11.1. The second-order valence-electron chi connectivity index (χ2n) is 3.95. The van der Waals surface area contributed by atoms with Crippen LogP contribution < -0.4 is 4.74 Å². The van der Waals surface area contributed by atoms with Gasteiger partial charge in [0.1, 0.15) is 5.82 Å². The predicted octanol–water partition coefficient (Wildman–Crippen LogP) is 3.90. The van der Waals surface area contributed by atoms with E-state index < -0.39 is 12.4 Å². The second-order valence-corrected chi connectivity index (χ2v) is 4.81. The zero-order valence-electron chi connectivity index (χ0n) is 10.1. The van der Waals surface area contributed by atoms with E-state index in [1.165, 1.54) is 19.2 Å². The van der Waals surface area contributed by atoms with E-state index in [1.54, 1.807) is 13.0 Å². The molecule has 0 N–H and O–H groups in total. The number of aromatic nitrogens is 2. The van der Waals surface area contributed by atoms with Crippen LogP contribution in [0.5, 0.6) is 5.88 Å². The molecular formula is C12H10BrF3N2O. The lowest BCUT2D eigenvalue weighted by Crippen LogP contribution is -2.05. The first-order chi connectivity index (χ1) is 8.88. The van der Waals surface area contributed by atoms with Gasteiger partial charge in [0.2, 0.25) is 5.88 Å². The van der Waals surface area contributed by atoms with Gasteiger partial charge in [-0.2, -0.15) is 13.9 Å². The molecule has 0 aliphatic rings. The van der Waals surface area contributed by atoms with Gasteiger partial charge in [-0.3, -0.25) is 0 Å². The standard InChI is InChI=1S/C12H10BrF3N2O/c1-6-3-7(9(14)4-8(6)13)10-5-11(18(2)17-10)19-12(15)16/h3-5,12H,1-2H3. The van der Waals surface area contributed by atoms with E-state index in [0.717, 1.165) is 10.2 Å². The van der Waals surface area contributed by atoms with Crippen LogP contribution in [0.15, 0.2) is 22.7 Å². The van der Waals surface area contributed by atoms with E-state index in [0.29, 0.717) is 4.47 Å². The van der Waals surface area contributed by atoms with E-state index in [9.17, 15) is 13.2 Å². The van der Waals surface area contributed by atoms with Crippen LogP contribution in [0, 0.1) is 12.7 Å². The molecule has 0 unspecified atom stereocenters. The Morgan fingerprint density at radius 1 is 1.32 bits per heavy atom. The number of benzene rings is 1. The van der Waals surface area contributed by atoms with Gasteiger partial charge in [-0.25, -0.2) is 9.07 Å². The summed E-state index contributed by atoms with van der Waals surface area (Å²) < 4.78 is 44.2. The first kappa shape index (κ1) is 13.9. The number of rotatable bonds is 3. The lowest BCUT2D eigenvalue weighted by atomic mass is 10.1. The lowest BCUT2D eigenvalue weighted by molar-refractivity contribution is -0.0553. The van der Waals surface area contributed by atoms with Gasteiger partial charge in [0, 0.05) is 23.2 Å². The Bertz CT molecular complexity index is 613. The highest BCUT2D eigenvalue weighted by molar-refractivity contribution is 9.10. The number of ether oxygens (including phenoxy) is 1. The van der Waals surface area contributed by atoms with Crippen LogP contribution in [0.1, 0.15) is 5.56 Å². The molecule has 0 saturated carbocycles. The zero-order chi connectivity index (χ0) is 14.2. The Kier molecular flexibility index (Phi) is 3.84. The van der Waals surface area contributed by atoms with Crippen molar-refractivity contribution in [2.75, 3.05) is 0 Å². The highest BCUT2D eigenvalue weighted by Crippen LogP contribution is 2.29. The molecule has 1 aromatic carbocycles. The molecule has 2 rings (SSSR count). The molecule has 19 heavy (non-hydrogen) atoms. The number of alkyl halides is 2. The van der Waals surface area contributed by atoms with Gasteiger partial charge in [0.25, 0.3) is 0 Å². The Balaban J connectivity index is 2.45. The van der Waals surface area contributed by atoms with E-state index in [1.807, 2.05) is 0 Å². The molecule has 1 aromatic heterocycles. The molecule has 0 bridgehead atoms. The van der Waals surface area contributed by atoms with Crippen LogP contribution in [0.25, 0.3) is 11.3 Å². The Hall–Kier alpha value is -1.50. The molecule has 0 fully saturated rings. The summed E-state index contributed by atoms with van der Waals surface area (Å²) in [6.45, 7) is -1.15. The van der Waals surface area contributed by atoms with Gasteiger partial charge < -0.3 is 4.74 Å². The van der Waals surface area contributed by atoms with Crippen molar-refractivity contribution in [2.24, 2.45) is 7.05 Å². The van der Waals surface area contributed by atoms with Crippen molar-refractivity contribution in [3.8, 4) is 17.1 Å². The molecule has 0 amide bonds. The molecule has 0 aliphatic heterocycles. The quantitative estimate of drug-likeness (QED) is 0.851. The Labute approximate surface area is 116 Å². The smallest absolute Gasteiger partial charge is 0.388 e. The minimum atomic E-state index is -2.94. The maximum Gasteiger partial charge on any atom is 0.388 e. The third kappa shape index (κ3) is 2.91. The largest absolute Gasteiger partial charge is 0.417 e. The molecule has 7 heteroatoms. The monoisotopic (exact) mass is 334 g/mol. The summed E-state index contributed by atoms with van der Waals surface area (Å²) in [5.41, 5.74) is 1.30. The SMILES string of the molecule is Cc1cc(-c2cc(OC(F)F)n(C)n2)c(F)cc1Br. The number of hydrogen-bond donors (Lipinski definition) is 0. The lowest BCUT2D eigenvalue weighted by Gasteiger charge is -2.03. The second kappa shape index (κ2) is 5.24. The van der Waals surface area contributed by atoms with Crippen molar-refractivity contribution in [1.29, 1.82) is 0 Å². The van der Waals surface area contributed by atoms with Crippen LogP contribution >= 0.6 is 15.9 Å². The molecule has 0 spiro atoms. The molecule has 0 atom stereocenters. The first-order valence-corrected chi connectivity index (χ1v) is 6.12. The average Bonchev–Trinajstić information content (AvgIpc) is 2.64. The average molecular weight is 335 g/mol. The fourth-order valence-electron chi connectivity index (χ4n) is 1.64. The third-order valence-electron chi connectivity index (χ3n) is 2.57. The van der Waals surface area contributed by atoms with Crippen LogP contribution in [-0.4, -0.2) is 16.4 Å². The van der Waals surface area contributed by atoms with Gasteiger partial charge in [-0.15, -0.1) is 0 Å². The van der Waals surface area contributed by atoms with Crippen molar-refractivity contribution >= 4 is 15.9 Å². The van der Waals surface area contributed by atoms with E-state index in [2.05, 4.69) is 25.8 Å². The summed E-state index contributed by atoms with van der Waals surface area (Å²) in [5, 5.41) is 3.97. The minimum absolute atomic E-state index is 0.120. The Morgan fingerprint density at radius 2 is 2.00 bits per heavy atom. The molecule has 1 heterocycles. The minimum Gasteiger partial charge on any atom is -0.417 e. The number of hydrogen-bond acceptors (Lipinski definition) is 2. The molecule has 0 saturated heterocycles. The van der Waals surface area contributed by atoms with Crippen molar-refractivity contribution in [2.45, 2.75) is 13.5 Å². The molecule has 2 aromatic rings. The molecular weight excluding hydrogens is 325 g/mol. The highest BCUT2D eigenvalue weighted by atomic mass is 79.9. The number of aryl methyl sites for hydroxylation is 2. The van der Waals surface area contributed by atoms with Gasteiger partial charge in [-0.05, 0) is 24.6 Å². The topological polar surface area (TPSA) is 27.1 Å². The summed E-state index contributed by atoms with van der Waals surface area (Å²) >= 11 is 3.22. The van der Waals surface area contributed by atoms with Gasteiger partial charge >= 0.3 is 6.61 Å². The molecule has 0 aliphatic carbocycles. The van der Waals surface area contributed by atoms with E-state index >= 15 is 0 Å². The molecule has 0 radical (unpaired) electrons. The maximum atomic E-state index is 13.9. The van der Waals surface area contributed by atoms with Gasteiger partial charge in [-0.1, -0.05) is 15.9 Å². The van der Waals surface area contributed by atoms with Crippen LogP contribution in [0.4, 0.5) is 13.2 Å². The third-order valence-corrected chi connectivity index (χ3v) is 3.43. The summed E-state index contributed by atoms with van der Waals surface area (Å²) in [5.74, 6) is -0.607. The zero-order valence-corrected chi connectivity index (χ0v) is 11.7. The first-order valence-electron chi connectivity index (χ1n) is 5.33. The van der Waals surface area contributed by atoms with Crippen LogP contribution in [0.3, 0.4) is 0 Å². The summed E-state index contributed by atoms with van der Waals surface area (Å²) in [6, 6.07) is 4.18. The fourth-order valence-corrected chi connectivity index (χ4v) is 1.95. The van der Waals surface area contributed by atoms with Gasteiger partial charge in [0.05, 0.1) is 5.69 Å². The van der Waals surface area contributed by atoms with Crippen LogP contribution in [0.2, 0.25) is 0 Å². The number of halogens is 4. The summed E-state index contributed by atoms with van der Waals surface area (Å²) in [7, 11) is 1.45. The summed E-state index contributed by atoms with van der Waals surface area (Å²) in [6.07, 6.45) is 0. The predicted molar refractivity (Wildman–Crippen MR) is 67.7 cm³/mol. The van der Waals surface area contributed by atoms with Crippen molar-refractivity contribution in [3.63, 3.8) is 0 Å². The fraction of sp³-hybridized carbons (Fsp3) is 0.250. The Morgan fingerprint density at radius 3 is 2.63 bits per heavy atom. The maximum absolute atomic E-state index is 13.9. The van der Waals surface area contributed by atoms with Gasteiger partial charge in [0.15, 0.2) is 0 Å². The van der Waals surface area contributed by atoms with E-state index in [-0.39, 0.29) is 17.1 Å². The highest BCUT2D eigenvalue weighted by Gasteiger charge is 2.16. The number of nitrogens with zero attached hydrogens (tertiary/aromatic N) is 2. The van der Waals surface area contributed by atoms with Crippen molar-refractivity contribution in [1.82, 2.24) is 9.78 Å².